The fourth-order valence-electron chi connectivity index (χ4n) is 3.92. The molecule has 1 aromatic rings. The minimum absolute atomic E-state index is 0.810. The smallest absolute Gasteiger partial charge is 0.119 e. The van der Waals surface area contributed by atoms with Crippen LogP contribution in [0.3, 0.4) is 0 Å². The summed E-state index contributed by atoms with van der Waals surface area (Å²) in [6, 6.07) is 9.88. The second-order valence-electron chi connectivity index (χ2n) is 11.9. The first kappa shape index (κ1) is 56.5. The molecular formula is C46H84N2OS. The van der Waals surface area contributed by atoms with Crippen molar-refractivity contribution < 1.29 is 4.74 Å². The third kappa shape index (κ3) is 41.3. The van der Waals surface area contributed by atoms with Gasteiger partial charge in [0.1, 0.15) is 5.75 Å². The monoisotopic (exact) mass is 713 g/mol. The van der Waals surface area contributed by atoms with Crippen LogP contribution in [0.4, 0.5) is 0 Å². The van der Waals surface area contributed by atoms with Crippen molar-refractivity contribution in [2.75, 3.05) is 26.0 Å². The normalized spacial score (nSPS) is 11.0. The van der Waals surface area contributed by atoms with Crippen LogP contribution >= 0.6 is 11.8 Å². The summed E-state index contributed by atoms with van der Waals surface area (Å²) in [4.78, 5) is 3.68. The minimum atomic E-state index is 0.810. The van der Waals surface area contributed by atoms with E-state index >= 15 is 0 Å². The Morgan fingerprint density at radius 1 is 0.820 bits per heavy atom. The fourth-order valence-corrected chi connectivity index (χ4v) is 4.52. The number of hydrogen-bond donors (Lipinski definition) is 1. The van der Waals surface area contributed by atoms with Crippen molar-refractivity contribution in [3.8, 4) is 5.75 Å². The van der Waals surface area contributed by atoms with E-state index in [1.165, 1.54) is 54.7 Å². The van der Waals surface area contributed by atoms with E-state index in [2.05, 4.69) is 98.4 Å². The van der Waals surface area contributed by atoms with Crippen molar-refractivity contribution in [1.82, 2.24) is 4.90 Å². The molecule has 0 saturated carbocycles. The highest BCUT2D eigenvalue weighted by Gasteiger charge is 2.08. The molecule has 0 unspecified atom stereocenters. The molecule has 1 rings (SSSR count). The molecular weight excluding hydrogens is 629 g/mol. The molecule has 0 fully saturated rings. The summed E-state index contributed by atoms with van der Waals surface area (Å²) in [7, 11) is 0. The number of nitrogens with zero attached hydrogens (tertiary/aromatic N) is 1. The number of allylic oxidation sites excluding steroid dienone is 9. The van der Waals surface area contributed by atoms with E-state index in [9.17, 15) is 0 Å². The molecule has 0 aromatic heterocycles. The second-order valence-corrected chi connectivity index (χ2v) is 12.8. The third-order valence-electron chi connectivity index (χ3n) is 6.95. The van der Waals surface area contributed by atoms with Crippen LogP contribution < -0.4 is 10.5 Å². The summed E-state index contributed by atoms with van der Waals surface area (Å²) >= 11 is 1.78. The molecule has 0 saturated heterocycles. The number of para-hydroxylation sites is 1. The molecule has 290 valence electrons. The summed E-state index contributed by atoms with van der Waals surface area (Å²) in [6.45, 7) is 43.9. The standard InChI is InChI=1S/C12H23NS.C9H12O.C8H13N.C8H18.C7H12.C2H6/c1-6-9-13(10-7-2)11(4)12(8-3)14-5;1-2-8-10-9-6-4-3-5-7-9;1-4-7(2)5-6-8(3)9;1-4-6-8(3)7-5-2;1-5-7(4)6(2)3;1-2/h8H,4,6-7,9-10H2,1-3,5H3;3-7H,2,8H2,1H3;4-6H,1,9H2,2-3H3;8H,4-7H2,1-3H3;5H,2H2,1,3-4H3;1-2H3/b12-8+;;7-5-,8-6+;;7-5+;. The van der Waals surface area contributed by atoms with Crippen LogP contribution in [0.1, 0.15) is 142 Å². The van der Waals surface area contributed by atoms with Gasteiger partial charge in [-0.1, -0.05) is 160 Å². The number of hydrogen-bond acceptors (Lipinski definition) is 4. The molecule has 0 bridgehead atoms. The van der Waals surface area contributed by atoms with Crippen molar-refractivity contribution in [2.45, 2.75) is 142 Å². The predicted molar refractivity (Wildman–Crippen MR) is 237 cm³/mol. The van der Waals surface area contributed by atoms with Crippen LogP contribution in [-0.4, -0.2) is 30.9 Å². The second kappa shape index (κ2) is 44.2. The van der Waals surface area contributed by atoms with Crippen molar-refractivity contribution in [1.29, 1.82) is 0 Å². The molecule has 0 amide bonds. The first-order valence-corrected chi connectivity index (χ1v) is 20.4. The largest absolute Gasteiger partial charge is 0.494 e. The molecule has 0 atom stereocenters. The Bertz CT molecular complexity index is 1020. The molecule has 0 heterocycles. The topological polar surface area (TPSA) is 38.5 Å². The van der Waals surface area contributed by atoms with Gasteiger partial charge in [0, 0.05) is 29.4 Å². The lowest BCUT2D eigenvalue weighted by atomic mass is 10.0. The number of benzene rings is 1. The minimum Gasteiger partial charge on any atom is -0.494 e. The maximum absolute atomic E-state index is 5.38. The first-order valence-electron chi connectivity index (χ1n) is 19.1. The Hall–Kier alpha value is -2.85. The lowest BCUT2D eigenvalue weighted by Crippen LogP contribution is -2.24. The van der Waals surface area contributed by atoms with Gasteiger partial charge in [0.2, 0.25) is 0 Å². The van der Waals surface area contributed by atoms with Crippen molar-refractivity contribution in [2.24, 2.45) is 11.7 Å². The van der Waals surface area contributed by atoms with Gasteiger partial charge in [-0.2, -0.15) is 0 Å². The Morgan fingerprint density at radius 3 is 1.62 bits per heavy atom. The maximum Gasteiger partial charge on any atom is 0.119 e. The van der Waals surface area contributed by atoms with Crippen molar-refractivity contribution in [3.63, 3.8) is 0 Å². The molecule has 0 aliphatic rings. The zero-order valence-corrected chi connectivity index (χ0v) is 36.7. The van der Waals surface area contributed by atoms with Gasteiger partial charge in [0.25, 0.3) is 0 Å². The summed E-state index contributed by atoms with van der Waals surface area (Å²) < 4.78 is 5.36. The Balaban J connectivity index is -0.000000170. The van der Waals surface area contributed by atoms with E-state index < -0.39 is 0 Å². The molecule has 3 nitrogen and oxygen atoms in total. The predicted octanol–water partition coefficient (Wildman–Crippen LogP) is 15.1. The van der Waals surface area contributed by atoms with Gasteiger partial charge in [0.15, 0.2) is 0 Å². The average Bonchev–Trinajstić information content (AvgIpc) is 3.12. The lowest BCUT2D eigenvalue weighted by Gasteiger charge is -2.26. The van der Waals surface area contributed by atoms with E-state index in [-0.39, 0.29) is 0 Å². The van der Waals surface area contributed by atoms with Crippen LogP contribution in [0.5, 0.6) is 5.75 Å². The Kier molecular flexibility index (Phi) is 49.9. The number of ether oxygens (including phenoxy) is 1. The third-order valence-corrected chi connectivity index (χ3v) is 7.86. The highest BCUT2D eigenvalue weighted by molar-refractivity contribution is 8.02. The summed E-state index contributed by atoms with van der Waals surface area (Å²) in [5, 5.41) is 0. The summed E-state index contributed by atoms with van der Waals surface area (Å²) in [6.07, 6.45) is 20.8. The average molecular weight is 713 g/mol. The molecule has 50 heavy (non-hydrogen) atoms. The molecule has 0 aliphatic heterocycles. The lowest BCUT2D eigenvalue weighted by molar-refractivity contribution is 0.317. The van der Waals surface area contributed by atoms with Crippen LogP contribution in [0.2, 0.25) is 0 Å². The van der Waals surface area contributed by atoms with E-state index in [1.54, 1.807) is 17.8 Å². The number of rotatable bonds is 17. The highest BCUT2D eigenvalue weighted by atomic mass is 32.2. The van der Waals surface area contributed by atoms with Crippen molar-refractivity contribution in [3.05, 3.63) is 113 Å². The van der Waals surface area contributed by atoms with E-state index in [1.807, 2.05) is 84.0 Å². The van der Waals surface area contributed by atoms with Crippen LogP contribution in [0, 0.1) is 5.92 Å². The van der Waals surface area contributed by atoms with E-state index in [4.69, 9.17) is 10.5 Å². The zero-order chi connectivity index (χ0) is 39.8. The summed E-state index contributed by atoms with van der Waals surface area (Å²) in [5.74, 6) is 1.93. The molecule has 0 spiro atoms. The molecule has 0 aliphatic carbocycles. The maximum atomic E-state index is 5.38. The van der Waals surface area contributed by atoms with Gasteiger partial charge in [-0.15, -0.1) is 11.8 Å². The highest BCUT2D eigenvalue weighted by Crippen LogP contribution is 2.23. The Morgan fingerprint density at radius 2 is 1.32 bits per heavy atom. The van der Waals surface area contributed by atoms with Gasteiger partial charge in [-0.25, -0.2) is 0 Å². The van der Waals surface area contributed by atoms with Gasteiger partial charge >= 0.3 is 0 Å². The molecule has 4 heteroatoms. The van der Waals surface area contributed by atoms with E-state index in [0.717, 1.165) is 54.6 Å². The van der Waals surface area contributed by atoms with E-state index in [0.29, 0.717) is 0 Å². The zero-order valence-electron chi connectivity index (χ0n) is 35.9. The van der Waals surface area contributed by atoms with Gasteiger partial charge < -0.3 is 15.4 Å². The quantitative estimate of drug-likeness (QED) is 0.163. The molecule has 0 radical (unpaired) electrons. The first-order chi connectivity index (χ1) is 23.8. The van der Waals surface area contributed by atoms with Crippen molar-refractivity contribution >= 4 is 11.8 Å². The number of nitrogens with two attached hydrogens (primary N) is 1. The van der Waals surface area contributed by atoms with Gasteiger partial charge in [0.05, 0.1) is 6.61 Å². The van der Waals surface area contributed by atoms with Crippen LogP contribution in [-0.2, 0) is 0 Å². The fraction of sp³-hybridized carbons (Fsp3) is 0.565. The molecule has 2 N–H and O–H groups in total. The SMILES string of the molecule is C=C(/C(=C\C)SC)N(CCC)CCC.C=C(C)/C(C)=C/C.C=C/C(C)=C\C=C(/C)N.CC.CCCC(C)CCC.CCCOc1ccccc1. The van der Waals surface area contributed by atoms with Gasteiger partial charge in [-0.3, -0.25) is 0 Å². The number of thioether (sulfide) groups is 1. The Labute approximate surface area is 319 Å². The van der Waals surface area contributed by atoms with Gasteiger partial charge in [-0.05, 0) is 91.2 Å². The molecule has 1 aromatic carbocycles. The van der Waals surface area contributed by atoms with Crippen LogP contribution in [0.25, 0.3) is 0 Å². The summed E-state index contributed by atoms with van der Waals surface area (Å²) in [5.41, 5.74) is 10.9. The van der Waals surface area contributed by atoms with Crippen LogP contribution in [0.15, 0.2) is 113 Å².